The first-order valence-corrected chi connectivity index (χ1v) is 6.43. The Hall–Kier alpha value is -1.72. The van der Waals surface area contributed by atoms with E-state index in [2.05, 4.69) is 4.98 Å². The molecule has 5 heteroatoms. The Labute approximate surface area is 110 Å². The number of nitrogens with zero attached hydrogens (tertiary/aromatic N) is 2. The summed E-state index contributed by atoms with van der Waals surface area (Å²) in [7, 11) is 1.77. The summed E-state index contributed by atoms with van der Waals surface area (Å²) in [6, 6.07) is 9.96. The number of likely N-dealkylation sites (N-methyl/N-ethyl adjacent to an activating group) is 1. The molecule has 94 valence electrons. The molecular formula is C13H14N2O2S. The fraction of sp³-hybridized carbons (Fsp3) is 0.231. The molecule has 0 saturated carbocycles. The molecule has 0 atom stereocenters. The van der Waals surface area contributed by atoms with Crippen molar-refractivity contribution in [2.24, 2.45) is 0 Å². The van der Waals surface area contributed by atoms with Gasteiger partial charge in [0.05, 0.1) is 12.2 Å². The molecule has 0 aliphatic carbocycles. The second-order valence-electron chi connectivity index (χ2n) is 4.08. The highest BCUT2D eigenvalue weighted by atomic mass is 32.1. The van der Waals surface area contributed by atoms with Gasteiger partial charge in [-0.05, 0) is 7.05 Å². The van der Waals surface area contributed by atoms with Crippen LogP contribution in [0.2, 0.25) is 0 Å². The average Bonchev–Trinajstić information content (AvgIpc) is 2.77. The molecule has 2 rings (SSSR count). The van der Waals surface area contributed by atoms with Crippen molar-refractivity contribution in [1.82, 2.24) is 9.88 Å². The predicted octanol–water partition coefficient (Wildman–Crippen LogP) is 2.33. The maximum absolute atomic E-state index is 10.6. The molecule has 1 heterocycles. The lowest BCUT2D eigenvalue weighted by Gasteiger charge is -2.11. The molecule has 0 saturated heterocycles. The maximum Gasteiger partial charge on any atom is 0.317 e. The van der Waals surface area contributed by atoms with E-state index in [1.54, 1.807) is 23.3 Å². The van der Waals surface area contributed by atoms with Crippen molar-refractivity contribution in [3.8, 4) is 10.6 Å². The van der Waals surface area contributed by atoms with E-state index >= 15 is 0 Å². The number of hydrogen-bond donors (Lipinski definition) is 1. The first kappa shape index (κ1) is 12.7. The van der Waals surface area contributed by atoms with E-state index in [1.165, 1.54) is 0 Å². The number of carboxylic acids is 1. The lowest BCUT2D eigenvalue weighted by atomic mass is 10.2. The third-order valence-corrected chi connectivity index (χ3v) is 3.35. The Morgan fingerprint density at radius 1 is 1.39 bits per heavy atom. The van der Waals surface area contributed by atoms with Gasteiger partial charge in [-0.3, -0.25) is 9.69 Å². The minimum Gasteiger partial charge on any atom is -0.480 e. The fourth-order valence-electron chi connectivity index (χ4n) is 1.66. The molecule has 0 radical (unpaired) electrons. The van der Waals surface area contributed by atoms with Crippen molar-refractivity contribution in [2.45, 2.75) is 6.54 Å². The first-order valence-electron chi connectivity index (χ1n) is 5.55. The largest absolute Gasteiger partial charge is 0.480 e. The second-order valence-corrected chi connectivity index (χ2v) is 4.93. The SMILES string of the molecule is CN(CC(=O)O)Cc1csc(-c2ccccc2)n1. The topological polar surface area (TPSA) is 53.4 Å². The Balaban J connectivity index is 2.05. The van der Waals surface area contributed by atoms with Crippen LogP contribution in [0.25, 0.3) is 10.6 Å². The van der Waals surface area contributed by atoms with Crippen LogP contribution in [-0.2, 0) is 11.3 Å². The van der Waals surface area contributed by atoms with E-state index in [-0.39, 0.29) is 6.54 Å². The van der Waals surface area contributed by atoms with Gasteiger partial charge in [-0.15, -0.1) is 11.3 Å². The molecule has 18 heavy (non-hydrogen) atoms. The number of thiazole rings is 1. The average molecular weight is 262 g/mol. The van der Waals surface area contributed by atoms with Crippen molar-refractivity contribution < 1.29 is 9.90 Å². The molecule has 1 N–H and O–H groups in total. The summed E-state index contributed by atoms with van der Waals surface area (Å²) in [4.78, 5) is 16.8. The maximum atomic E-state index is 10.6. The summed E-state index contributed by atoms with van der Waals surface area (Å²) < 4.78 is 0. The van der Waals surface area contributed by atoms with Gasteiger partial charge in [0.15, 0.2) is 0 Å². The predicted molar refractivity (Wildman–Crippen MR) is 71.5 cm³/mol. The fourth-order valence-corrected chi connectivity index (χ4v) is 2.47. The Morgan fingerprint density at radius 3 is 2.78 bits per heavy atom. The van der Waals surface area contributed by atoms with E-state index in [1.807, 2.05) is 35.7 Å². The lowest BCUT2D eigenvalue weighted by Crippen LogP contribution is -2.25. The highest BCUT2D eigenvalue weighted by Crippen LogP contribution is 2.23. The number of carboxylic acid groups (broad SMARTS) is 1. The molecule has 0 aliphatic heterocycles. The van der Waals surface area contributed by atoms with Gasteiger partial charge in [0.1, 0.15) is 5.01 Å². The summed E-state index contributed by atoms with van der Waals surface area (Å²) >= 11 is 1.58. The van der Waals surface area contributed by atoms with Gasteiger partial charge >= 0.3 is 5.97 Å². The smallest absolute Gasteiger partial charge is 0.317 e. The summed E-state index contributed by atoms with van der Waals surface area (Å²) in [5.41, 5.74) is 2.00. The molecule has 0 spiro atoms. The van der Waals surface area contributed by atoms with Crippen LogP contribution >= 0.6 is 11.3 Å². The molecule has 0 amide bonds. The molecule has 0 bridgehead atoms. The number of benzene rings is 1. The molecule has 0 fully saturated rings. The molecular weight excluding hydrogens is 248 g/mol. The van der Waals surface area contributed by atoms with Crippen molar-refractivity contribution in [2.75, 3.05) is 13.6 Å². The van der Waals surface area contributed by atoms with Crippen molar-refractivity contribution in [3.05, 3.63) is 41.4 Å². The minimum absolute atomic E-state index is 0.0260. The molecule has 0 aliphatic rings. The van der Waals surface area contributed by atoms with Gasteiger partial charge in [-0.1, -0.05) is 30.3 Å². The Kier molecular flexibility index (Phi) is 4.07. The Morgan fingerprint density at radius 2 is 2.11 bits per heavy atom. The lowest BCUT2D eigenvalue weighted by molar-refractivity contribution is -0.138. The number of carbonyl (C=O) groups is 1. The van der Waals surface area contributed by atoms with Gasteiger partial charge in [-0.25, -0.2) is 4.98 Å². The van der Waals surface area contributed by atoms with Crippen LogP contribution in [-0.4, -0.2) is 34.6 Å². The van der Waals surface area contributed by atoms with E-state index in [9.17, 15) is 4.79 Å². The van der Waals surface area contributed by atoms with Crippen LogP contribution in [0.15, 0.2) is 35.7 Å². The monoisotopic (exact) mass is 262 g/mol. The zero-order valence-corrected chi connectivity index (χ0v) is 10.9. The van der Waals surface area contributed by atoms with Gasteiger partial charge in [-0.2, -0.15) is 0 Å². The highest BCUT2D eigenvalue weighted by molar-refractivity contribution is 7.13. The van der Waals surface area contributed by atoms with Gasteiger partial charge in [0.25, 0.3) is 0 Å². The number of rotatable bonds is 5. The Bertz CT molecular complexity index is 525. The number of aromatic nitrogens is 1. The number of aliphatic carboxylic acids is 1. The zero-order chi connectivity index (χ0) is 13.0. The van der Waals surface area contributed by atoms with Crippen LogP contribution in [0.3, 0.4) is 0 Å². The summed E-state index contributed by atoms with van der Waals surface area (Å²) in [6.45, 7) is 0.577. The standard InChI is InChI=1S/C13H14N2O2S/c1-15(8-12(16)17)7-11-9-18-13(14-11)10-5-3-2-4-6-10/h2-6,9H,7-8H2,1H3,(H,16,17). The van der Waals surface area contributed by atoms with Crippen molar-refractivity contribution in [1.29, 1.82) is 0 Å². The van der Waals surface area contributed by atoms with Gasteiger partial charge < -0.3 is 5.11 Å². The third kappa shape index (κ3) is 3.38. The number of hydrogen-bond acceptors (Lipinski definition) is 4. The van der Waals surface area contributed by atoms with Crippen LogP contribution in [0, 0.1) is 0 Å². The quantitative estimate of drug-likeness (QED) is 0.898. The zero-order valence-electron chi connectivity index (χ0n) is 10.0. The summed E-state index contributed by atoms with van der Waals surface area (Å²) in [5, 5.41) is 11.6. The summed E-state index contributed by atoms with van der Waals surface area (Å²) in [5.74, 6) is -0.823. The molecule has 1 aromatic heterocycles. The van der Waals surface area contributed by atoms with Crippen LogP contribution in [0.4, 0.5) is 0 Å². The van der Waals surface area contributed by atoms with Gasteiger partial charge in [0, 0.05) is 17.5 Å². The van der Waals surface area contributed by atoms with Crippen LogP contribution < -0.4 is 0 Å². The third-order valence-electron chi connectivity index (χ3n) is 2.41. The van der Waals surface area contributed by atoms with E-state index in [0.29, 0.717) is 6.54 Å². The van der Waals surface area contributed by atoms with Gasteiger partial charge in [0.2, 0.25) is 0 Å². The van der Waals surface area contributed by atoms with Crippen molar-refractivity contribution in [3.63, 3.8) is 0 Å². The first-order chi connectivity index (χ1) is 8.65. The van der Waals surface area contributed by atoms with E-state index in [0.717, 1.165) is 16.3 Å². The molecule has 4 nitrogen and oxygen atoms in total. The summed E-state index contributed by atoms with van der Waals surface area (Å²) in [6.07, 6.45) is 0. The molecule has 1 aromatic carbocycles. The second kappa shape index (κ2) is 5.75. The highest BCUT2D eigenvalue weighted by Gasteiger charge is 2.08. The van der Waals surface area contributed by atoms with Crippen LogP contribution in [0.5, 0.6) is 0 Å². The van der Waals surface area contributed by atoms with Crippen molar-refractivity contribution >= 4 is 17.3 Å². The minimum atomic E-state index is -0.823. The van der Waals surface area contributed by atoms with E-state index < -0.39 is 5.97 Å². The van der Waals surface area contributed by atoms with Crippen LogP contribution in [0.1, 0.15) is 5.69 Å². The normalized spacial score (nSPS) is 10.8. The van der Waals surface area contributed by atoms with E-state index in [4.69, 9.17) is 5.11 Å². The molecule has 0 unspecified atom stereocenters. The molecule has 2 aromatic rings.